The van der Waals surface area contributed by atoms with Crippen molar-refractivity contribution in [1.82, 2.24) is 0 Å². The van der Waals surface area contributed by atoms with E-state index in [1.165, 1.54) is 32.1 Å². The minimum Gasteiger partial charge on any atom is -0.390 e. The molecule has 0 bridgehead atoms. The van der Waals surface area contributed by atoms with Crippen molar-refractivity contribution in [3.8, 4) is 0 Å². The fourth-order valence-corrected chi connectivity index (χ4v) is 7.00. The molecule has 3 fully saturated rings. The molecule has 31 heavy (non-hydrogen) atoms. The zero-order valence-electron chi connectivity index (χ0n) is 20.6. The van der Waals surface area contributed by atoms with E-state index in [1.807, 2.05) is 20.8 Å². The van der Waals surface area contributed by atoms with Gasteiger partial charge in [-0.2, -0.15) is 0 Å². The predicted molar refractivity (Wildman–Crippen MR) is 129 cm³/mol. The summed E-state index contributed by atoms with van der Waals surface area (Å²) < 4.78 is 0. The quantitative estimate of drug-likeness (QED) is 0.477. The Labute approximate surface area is 190 Å². The molecule has 3 heteroatoms. The van der Waals surface area contributed by atoms with Crippen LogP contribution in [0.15, 0.2) is 35.5 Å². The van der Waals surface area contributed by atoms with E-state index in [2.05, 4.69) is 32.6 Å². The SMILES string of the molecule is C=C1C(=CC=C2CCC[C@@]3(C)C2CCC3[C@@H](C)CCCC(C)(C)O)C[C@@](C)(O)C[C@@H]1O. The van der Waals surface area contributed by atoms with Gasteiger partial charge in [0.2, 0.25) is 0 Å². The zero-order chi connectivity index (χ0) is 23.0. The second kappa shape index (κ2) is 9.15. The maximum absolute atomic E-state index is 10.5. The second-order valence-electron chi connectivity index (χ2n) is 12.1. The molecule has 2 unspecified atom stereocenters. The van der Waals surface area contributed by atoms with Crippen molar-refractivity contribution < 1.29 is 15.3 Å². The van der Waals surface area contributed by atoms with Gasteiger partial charge in [-0.3, -0.25) is 0 Å². The van der Waals surface area contributed by atoms with Gasteiger partial charge in [-0.25, -0.2) is 0 Å². The lowest BCUT2D eigenvalue weighted by molar-refractivity contribution is 0.00361. The third-order valence-electron chi connectivity index (χ3n) is 8.69. The van der Waals surface area contributed by atoms with E-state index in [0.29, 0.717) is 30.1 Å². The van der Waals surface area contributed by atoms with Crippen LogP contribution in [0.2, 0.25) is 0 Å². The van der Waals surface area contributed by atoms with Crippen molar-refractivity contribution in [3.63, 3.8) is 0 Å². The minimum atomic E-state index is -0.858. The maximum Gasteiger partial charge on any atom is 0.0814 e. The first-order valence-corrected chi connectivity index (χ1v) is 12.5. The van der Waals surface area contributed by atoms with Crippen LogP contribution in [0.3, 0.4) is 0 Å². The third-order valence-corrected chi connectivity index (χ3v) is 8.69. The van der Waals surface area contributed by atoms with Crippen LogP contribution >= 0.6 is 0 Å². The molecule has 3 aliphatic carbocycles. The van der Waals surface area contributed by atoms with E-state index in [0.717, 1.165) is 36.3 Å². The Kier molecular flexibility index (Phi) is 7.30. The summed E-state index contributed by atoms with van der Waals surface area (Å²) in [5.41, 5.74) is 2.27. The number of aliphatic hydroxyl groups is 3. The smallest absolute Gasteiger partial charge is 0.0814 e. The topological polar surface area (TPSA) is 60.7 Å². The lowest BCUT2D eigenvalue weighted by atomic mass is 9.60. The van der Waals surface area contributed by atoms with E-state index in [1.54, 1.807) is 5.57 Å². The van der Waals surface area contributed by atoms with Crippen molar-refractivity contribution in [2.45, 2.75) is 116 Å². The molecule has 0 radical (unpaired) electrons. The first kappa shape index (κ1) is 24.7. The second-order valence-corrected chi connectivity index (χ2v) is 12.1. The normalized spacial score (nSPS) is 40.4. The monoisotopic (exact) mass is 430 g/mol. The summed E-state index contributed by atoms with van der Waals surface area (Å²) in [5.74, 6) is 2.09. The fourth-order valence-electron chi connectivity index (χ4n) is 7.00. The Morgan fingerprint density at radius 2 is 1.94 bits per heavy atom. The molecule has 3 N–H and O–H groups in total. The van der Waals surface area contributed by atoms with Crippen LogP contribution in [0.4, 0.5) is 0 Å². The Morgan fingerprint density at radius 3 is 2.61 bits per heavy atom. The van der Waals surface area contributed by atoms with Gasteiger partial charge in [-0.15, -0.1) is 0 Å². The molecule has 3 nitrogen and oxygen atoms in total. The number of fused-ring (bicyclic) bond motifs is 1. The van der Waals surface area contributed by atoms with Crippen molar-refractivity contribution in [2.24, 2.45) is 23.2 Å². The average Bonchev–Trinajstić information content (AvgIpc) is 2.99. The van der Waals surface area contributed by atoms with E-state index in [-0.39, 0.29) is 0 Å². The number of hydrogen-bond donors (Lipinski definition) is 3. The van der Waals surface area contributed by atoms with E-state index >= 15 is 0 Å². The zero-order valence-corrected chi connectivity index (χ0v) is 20.6. The largest absolute Gasteiger partial charge is 0.390 e. The Hall–Kier alpha value is -0.900. The highest BCUT2D eigenvalue weighted by Gasteiger charge is 2.50. The average molecular weight is 431 g/mol. The maximum atomic E-state index is 10.5. The summed E-state index contributed by atoms with van der Waals surface area (Å²) in [6.07, 6.45) is 14.2. The standard InChI is InChI=1S/C28H46O3/c1-19(9-7-15-26(3,4)30)23-13-14-24-21(10-8-16-28(23,24)6)11-12-22-17-27(5,31)18-25(29)20(22)2/h11-12,19,23-25,29-31H,2,7-10,13-18H2,1,3-6H3/t19-,23?,24?,25-,27+,28+/m0/s1. The van der Waals surface area contributed by atoms with Gasteiger partial charge in [0.1, 0.15) is 0 Å². The van der Waals surface area contributed by atoms with Crippen LogP contribution < -0.4 is 0 Å². The van der Waals surface area contributed by atoms with E-state index in [9.17, 15) is 15.3 Å². The summed E-state index contributed by atoms with van der Waals surface area (Å²) in [4.78, 5) is 0. The molecule has 6 atom stereocenters. The molecule has 0 heterocycles. The van der Waals surface area contributed by atoms with Gasteiger partial charge in [-0.05, 0) is 93.6 Å². The Balaban J connectivity index is 1.72. The number of rotatable bonds is 6. The molecule has 0 saturated heterocycles. The summed E-state index contributed by atoms with van der Waals surface area (Å²) >= 11 is 0. The molecule has 176 valence electrons. The van der Waals surface area contributed by atoms with Gasteiger partial charge in [0.15, 0.2) is 0 Å². The van der Waals surface area contributed by atoms with Crippen LogP contribution in [0.1, 0.15) is 98.8 Å². The van der Waals surface area contributed by atoms with Gasteiger partial charge in [0.05, 0.1) is 17.3 Å². The molecular weight excluding hydrogens is 384 g/mol. The lowest BCUT2D eigenvalue weighted by Crippen LogP contribution is -2.37. The van der Waals surface area contributed by atoms with Crippen molar-refractivity contribution in [3.05, 3.63) is 35.5 Å². The molecule has 3 aliphatic rings. The summed E-state index contributed by atoms with van der Waals surface area (Å²) in [6.45, 7) is 14.7. The van der Waals surface area contributed by atoms with E-state index in [4.69, 9.17) is 0 Å². The van der Waals surface area contributed by atoms with E-state index < -0.39 is 17.3 Å². The number of allylic oxidation sites excluding steroid dienone is 3. The first-order valence-electron chi connectivity index (χ1n) is 12.5. The molecule has 3 rings (SSSR count). The molecule has 0 amide bonds. The lowest BCUT2D eigenvalue weighted by Gasteiger charge is -2.44. The summed E-state index contributed by atoms with van der Waals surface area (Å²) in [6, 6.07) is 0. The van der Waals surface area contributed by atoms with Crippen LogP contribution in [0.25, 0.3) is 0 Å². The highest BCUT2D eigenvalue weighted by molar-refractivity contribution is 5.39. The highest BCUT2D eigenvalue weighted by atomic mass is 16.3. The molecule has 0 aromatic heterocycles. The van der Waals surface area contributed by atoms with Crippen LogP contribution in [-0.2, 0) is 0 Å². The van der Waals surface area contributed by atoms with Gasteiger partial charge in [-0.1, -0.05) is 51.0 Å². The first-order chi connectivity index (χ1) is 14.3. The highest BCUT2D eigenvalue weighted by Crippen LogP contribution is 2.60. The van der Waals surface area contributed by atoms with Crippen molar-refractivity contribution in [2.75, 3.05) is 0 Å². The minimum absolute atomic E-state index is 0.366. The van der Waals surface area contributed by atoms with Crippen LogP contribution in [0.5, 0.6) is 0 Å². The Morgan fingerprint density at radius 1 is 1.23 bits per heavy atom. The van der Waals surface area contributed by atoms with Crippen molar-refractivity contribution >= 4 is 0 Å². The molecule has 0 aliphatic heterocycles. The third kappa shape index (κ3) is 5.72. The molecular formula is C28H46O3. The van der Waals surface area contributed by atoms with Crippen LogP contribution in [-0.4, -0.2) is 32.6 Å². The van der Waals surface area contributed by atoms with Gasteiger partial charge >= 0.3 is 0 Å². The number of aliphatic hydroxyl groups excluding tert-OH is 1. The molecule has 0 spiro atoms. The summed E-state index contributed by atoms with van der Waals surface area (Å²) in [5, 5.41) is 30.8. The summed E-state index contributed by atoms with van der Waals surface area (Å²) in [7, 11) is 0. The Bertz CT molecular complexity index is 723. The van der Waals surface area contributed by atoms with Gasteiger partial charge < -0.3 is 15.3 Å². The van der Waals surface area contributed by atoms with Gasteiger partial charge in [0, 0.05) is 12.8 Å². The van der Waals surface area contributed by atoms with Crippen molar-refractivity contribution in [1.29, 1.82) is 0 Å². The molecule has 0 aromatic carbocycles. The number of hydrogen-bond acceptors (Lipinski definition) is 3. The van der Waals surface area contributed by atoms with Crippen LogP contribution in [0, 0.1) is 23.2 Å². The van der Waals surface area contributed by atoms with Gasteiger partial charge in [0.25, 0.3) is 0 Å². The molecule has 3 saturated carbocycles. The molecule has 0 aromatic rings. The fraction of sp³-hybridized carbons (Fsp3) is 0.786. The predicted octanol–water partition coefficient (Wildman–Crippen LogP) is 6.09.